The second-order valence-electron chi connectivity index (χ2n) is 3.44. The predicted octanol–water partition coefficient (Wildman–Crippen LogP) is 1.74. The number of aliphatic carboxylic acids is 1. The summed E-state index contributed by atoms with van der Waals surface area (Å²) in [6.45, 7) is 1.25. The Bertz CT molecular complexity index is 210. The Kier molecular flexibility index (Phi) is 2.83. The molecule has 1 fully saturated rings. The molecule has 5 heteroatoms. The molecule has 0 amide bonds. The largest absolute Gasteiger partial charge is 0.481 e. The third kappa shape index (κ3) is 1.78. The summed E-state index contributed by atoms with van der Waals surface area (Å²) in [4.78, 5) is 10.4. The average Bonchev–Trinajstić information content (AvgIpc) is 2.07. The molecule has 0 spiro atoms. The molecular formula is C8H11F3O2. The number of carbonyl (C=O) groups is 1. The van der Waals surface area contributed by atoms with E-state index in [1.54, 1.807) is 0 Å². The quantitative estimate of drug-likeness (QED) is 0.693. The van der Waals surface area contributed by atoms with Gasteiger partial charge in [0.2, 0.25) is 0 Å². The molecule has 0 radical (unpaired) electrons. The van der Waals surface area contributed by atoms with Crippen molar-refractivity contribution in [2.75, 3.05) is 0 Å². The number of carboxylic acid groups (broad SMARTS) is 1. The lowest BCUT2D eigenvalue weighted by Gasteiger charge is -2.33. The zero-order valence-electron chi connectivity index (χ0n) is 7.08. The maximum atomic E-state index is 13.0. The maximum Gasteiger partial charge on any atom is 0.309 e. The van der Waals surface area contributed by atoms with Gasteiger partial charge in [-0.05, 0) is 6.42 Å². The molecule has 0 aliphatic heterocycles. The number of rotatable bonds is 1. The van der Waals surface area contributed by atoms with Crippen molar-refractivity contribution in [1.82, 2.24) is 0 Å². The van der Waals surface area contributed by atoms with Gasteiger partial charge in [0.1, 0.15) is 18.5 Å². The van der Waals surface area contributed by atoms with Gasteiger partial charge in [-0.15, -0.1) is 0 Å². The normalized spacial score (nSPS) is 46.0. The molecule has 1 aliphatic carbocycles. The van der Waals surface area contributed by atoms with Crippen molar-refractivity contribution in [1.29, 1.82) is 0 Å². The first-order valence-corrected chi connectivity index (χ1v) is 4.10. The molecule has 1 N–H and O–H groups in total. The Morgan fingerprint density at radius 3 is 2.31 bits per heavy atom. The Morgan fingerprint density at radius 2 is 1.85 bits per heavy atom. The van der Waals surface area contributed by atoms with Gasteiger partial charge < -0.3 is 5.11 Å². The lowest BCUT2D eigenvalue weighted by molar-refractivity contribution is -0.150. The van der Waals surface area contributed by atoms with E-state index in [4.69, 9.17) is 5.11 Å². The second kappa shape index (κ2) is 3.55. The first-order valence-electron chi connectivity index (χ1n) is 4.10. The molecule has 2 nitrogen and oxygen atoms in total. The van der Waals surface area contributed by atoms with Crippen LogP contribution >= 0.6 is 0 Å². The van der Waals surface area contributed by atoms with Gasteiger partial charge in [-0.1, -0.05) is 6.92 Å². The van der Waals surface area contributed by atoms with Crippen LogP contribution in [0.3, 0.4) is 0 Å². The average molecular weight is 196 g/mol. The molecule has 0 aromatic heterocycles. The molecule has 1 rings (SSSR count). The molecule has 13 heavy (non-hydrogen) atoms. The second-order valence-corrected chi connectivity index (χ2v) is 3.44. The van der Waals surface area contributed by atoms with E-state index in [0.717, 1.165) is 0 Å². The zero-order chi connectivity index (χ0) is 10.2. The monoisotopic (exact) mass is 196 g/mol. The smallest absolute Gasteiger partial charge is 0.309 e. The van der Waals surface area contributed by atoms with Crippen molar-refractivity contribution >= 4 is 5.97 Å². The van der Waals surface area contributed by atoms with E-state index in [-0.39, 0.29) is 0 Å². The number of alkyl halides is 3. The van der Waals surface area contributed by atoms with Crippen LogP contribution < -0.4 is 0 Å². The van der Waals surface area contributed by atoms with Crippen molar-refractivity contribution in [3.8, 4) is 0 Å². The van der Waals surface area contributed by atoms with Crippen LogP contribution in [0.1, 0.15) is 13.3 Å². The lowest BCUT2D eigenvalue weighted by atomic mass is 9.79. The van der Waals surface area contributed by atoms with Crippen LogP contribution in [-0.2, 0) is 4.79 Å². The van der Waals surface area contributed by atoms with Gasteiger partial charge in [-0.2, -0.15) is 0 Å². The Labute approximate surface area is 73.7 Å². The summed E-state index contributed by atoms with van der Waals surface area (Å²) in [5.74, 6) is -4.06. The van der Waals surface area contributed by atoms with Gasteiger partial charge in [0.05, 0.1) is 5.92 Å². The minimum Gasteiger partial charge on any atom is -0.481 e. The first-order chi connectivity index (χ1) is 5.95. The third-order valence-electron chi connectivity index (χ3n) is 2.56. The van der Waals surface area contributed by atoms with Crippen LogP contribution in [0.5, 0.6) is 0 Å². The van der Waals surface area contributed by atoms with E-state index in [2.05, 4.69) is 0 Å². The molecule has 0 heterocycles. The third-order valence-corrected chi connectivity index (χ3v) is 2.56. The van der Waals surface area contributed by atoms with Crippen LogP contribution in [0.2, 0.25) is 0 Å². The molecular weight excluding hydrogens is 185 g/mol. The minimum atomic E-state index is -2.08. The van der Waals surface area contributed by atoms with E-state index in [1.165, 1.54) is 6.92 Å². The van der Waals surface area contributed by atoms with Crippen LogP contribution in [0.25, 0.3) is 0 Å². The molecule has 0 aromatic carbocycles. The Hall–Kier alpha value is -0.740. The number of hydrogen-bond donors (Lipinski definition) is 1. The van der Waals surface area contributed by atoms with Crippen molar-refractivity contribution in [2.45, 2.75) is 31.9 Å². The Morgan fingerprint density at radius 1 is 1.31 bits per heavy atom. The highest BCUT2D eigenvalue weighted by Gasteiger charge is 2.46. The van der Waals surface area contributed by atoms with Crippen LogP contribution in [-0.4, -0.2) is 29.6 Å². The summed E-state index contributed by atoms with van der Waals surface area (Å²) >= 11 is 0. The van der Waals surface area contributed by atoms with Crippen LogP contribution in [0.4, 0.5) is 13.2 Å². The summed E-state index contributed by atoms with van der Waals surface area (Å²) in [6.07, 6.45) is -6.09. The fourth-order valence-corrected chi connectivity index (χ4v) is 1.54. The predicted molar refractivity (Wildman–Crippen MR) is 39.6 cm³/mol. The van der Waals surface area contributed by atoms with E-state index in [1.807, 2.05) is 0 Å². The highest BCUT2D eigenvalue weighted by Crippen LogP contribution is 2.35. The molecule has 76 valence electrons. The van der Waals surface area contributed by atoms with Crippen molar-refractivity contribution < 1.29 is 23.1 Å². The minimum absolute atomic E-state index is 0.432. The number of halogens is 3. The molecule has 0 aromatic rings. The van der Waals surface area contributed by atoms with Gasteiger partial charge in [0.25, 0.3) is 0 Å². The van der Waals surface area contributed by atoms with Crippen LogP contribution in [0, 0.1) is 11.8 Å². The van der Waals surface area contributed by atoms with Gasteiger partial charge in [-0.3, -0.25) is 4.79 Å². The van der Waals surface area contributed by atoms with E-state index in [9.17, 15) is 18.0 Å². The van der Waals surface area contributed by atoms with Crippen molar-refractivity contribution in [3.63, 3.8) is 0 Å². The molecule has 0 saturated heterocycles. The van der Waals surface area contributed by atoms with E-state index in [0.29, 0.717) is 0 Å². The fourth-order valence-electron chi connectivity index (χ4n) is 1.54. The van der Waals surface area contributed by atoms with E-state index < -0.39 is 42.7 Å². The maximum absolute atomic E-state index is 13.0. The standard InChI is InChI=1S/C8H11F3O2/c1-3-5(9)2-4(8(12)13)7(11)6(3)10/h3-7H,2H2,1H3,(H,12,13). The van der Waals surface area contributed by atoms with E-state index >= 15 is 0 Å². The summed E-state index contributed by atoms with van der Waals surface area (Å²) in [5, 5.41) is 8.46. The van der Waals surface area contributed by atoms with Crippen LogP contribution in [0.15, 0.2) is 0 Å². The molecule has 1 aliphatic rings. The van der Waals surface area contributed by atoms with Gasteiger partial charge in [0.15, 0.2) is 0 Å². The van der Waals surface area contributed by atoms with Crippen molar-refractivity contribution in [2.24, 2.45) is 11.8 Å². The van der Waals surface area contributed by atoms with Gasteiger partial charge in [-0.25, -0.2) is 13.2 Å². The summed E-state index contributed by atoms with van der Waals surface area (Å²) < 4.78 is 38.9. The van der Waals surface area contributed by atoms with Gasteiger partial charge in [0, 0.05) is 5.92 Å². The highest BCUT2D eigenvalue weighted by molar-refractivity contribution is 5.71. The molecule has 5 unspecified atom stereocenters. The fraction of sp³-hybridized carbons (Fsp3) is 0.875. The topological polar surface area (TPSA) is 37.3 Å². The lowest BCUT2D eigenvalue weighted by Crippen LogP contribution is -2.46. The number of hydrogen-bond acceptors (Lipinski definition) is 1. The molecule has 0 bridgehead atoms. The first kappa shape index (κ1) is 10.3. The van der Waals surface area contributed by atoms with Crippen molar-refractivity contribution in [3.05, 3.63) is 0 Å². The summed E-state index contributed by atoms with van der Waals surface area (Å²) in [7, 11) is 0. The molecule has 1 saturated carbocycles. The molecule has 5 atom stereocenters. The van der Waals surface area contributed by atoms with Gasteiger partial charge >= 0.3 is 5.97 Å². The Balaban J connectivity index is 2.76. The summed E-state index contributed by atoms with van der Waals surface area (Å²) in [5.41, 5.74) is 0. The summed E-state index contributed by atoms with van der Waals surface area (Å²) in [6, 6.07) is 0. The zero-order valence-corrected chi connectivity index (χ0v) is 7.08. The SMILES string of the molecule is CC1C(F)CC(C(=O)O)C(F)C1F. The highest BCUT2D eigenvalue weighted by atomic mass is 19.2. The number of carboxylic acids is 1.